The Balaban J connectivity index is 3.24. The average molecular weight is 886 g/mol. The van der Waals surface area contributed by atoms with Crippen LogP contribution in [0.2, 0.25) is 0 Å². The van der Waals surface area contributed by atoms with E-state index in [1.807, 2.05) is 0 Å². The summed E-state index contributed by atoms with van der Waals surface area (Å²) >= 11 is -2.04. The van der Waals surface area contributed by atoms with Crippen LogP contribution in [-0.4, -0.2) is 37.1 Å². The molecule has 290 valence electrons. The molecule has 0 heterocycles. The van der Waals surface area contributed by atoms with Crippen molar-refractivity contribution in [3.05, 3.63) is 0 Å². The van der Waals surface area contributed by atoms with E-state index in [1.165, 1.54) is 218 Å². The molecule has 0 saturated heterocycles. The van der Waals surface area contributed by atoms with Crippen molar-refractivity contribution in [3.8, 4) is 0 Å². The molecule has 0 amide bonds. The van der Waals surface area contributed by atoms with Crippen LogP contribution in [0.3, 0.4) is 0 Å². The number of carbonyl (C=O) groups is 2. The second-order valence-corrected chi connectivity index (χ2v) is 17.5. The summed E-state index contributed by atoms with van der Waals surface area (Å²) in [4.78, 5) is 24.0. The van der Waals surface area contributed by atoms with Crippen LogP contribution in [0, 0.1) is 0 Å². The Morgan fingerprint density at radius 1 is 0.286 bits per heavy atom. The van der Waals surface area contributed by atoms with E-state index in [-0.39, 0.29) is 11.9 Å². The van der Waals surface area contributed by atoms with Crippen LogP contribution in [0.1, 0.15) is 271 Å². The zero-order valence-electron chi connectivity index (χ0n) is 33.4. The molecular formula is C44H86O4Pb. The standard InChI is InChI=1S/2C22H44O2.Pb/c2*1-2-3-4-5-6-7-8-9-10-11-12-13-14-15-16-17-18-19-20-21-22(23)24;/h2*2-21H2,1H3,(H,23,24);/q;;+2/p-2. The predicted molar refractivity (Wildman–Crippen MR) is 214 cm³/mol. The van der Waals surface area contributed by atoms with E-state index in [2.05, 4.69) is 13.8 Å². The third-order valence-electron chi connectivity index (χ3n) is 10.3. The first-order chi connectivity index (χ1) is 24.2. The summed E-state index contributed by atoms with van der Waals surface area (Å²) < 4.78 is 10.6. The fraction of sp³-hybridized carbons (Fsp3) is 0.955. The van der Waals surface area contributed by atoms with Crippen molar-refractivity contribution in [2.45, 2.75) is 271 Å². The number of hydrogen-bond acceptors (Lipinski definition) is 4. The molecule has 0 bridgehead atoms. The van der Waals surface area contributed by atoms with Gasteiger partial charge in [0.25, 0.3) is 0 Å². The van der Waals surface area contributed by atoms with Crippen molar-refractivity contribution in [3.63, 3.8) is 0 Å². The minimum absolute atomic E-state index is 0.161. The topological polar surface area (TPSA) is 52.6 Å². The van der Waals surface area contributed by atoms with E-state index < -0.39 is 25.1 Å². The fourth-order valence-corrected chi connectivity index (χ4v) is 8.59. The molecule has 0 unspecified atom stereocenters. The van der Waals surface area contributed by atoms with Gasteiger partial charge in [-0.3, -0.25) is 0 Å². The molecular weight excluding hydrogens is 800 g/mol. The van der Waals surface area contributed by atoms with Gasteiger partial charge in [-0.05, 0) is 0 Å². The second kappa shape index (κ2) is 44.0. The van der Waals surface area contributed by atoms with Gasteiger partial charge < -0.3 is 0 Å². The zero-order chi connectivity index (χ0) is 35.6. The molecule has 0 aromatic heterocycles. The number of unbranched alkanes of at least 4 members (excludes halogenated alkanes) is 36. The van der Waals surface area contributed by atoms with Gasteiger partial charge in [0.2, 0.25) is 0 Å². The molecule has 0 aromatic rings. The summed E-state index contributed by atoms with van der Waals surface area (Å²) in [5.74, 6) is -0.321. The predicted octanol–water partition coefficient (Wildman–Crippen LogP) is 15.3. The van der Waals surface area contributed by atoms with Gasteiger partial charge in [-0.15, -0.1) is 0 Å². The smallest absolute Gasteiger partial charge is 0.0654 e. The van der Waals surface area contributed by atoms with E-state index in [1.54, 1.807) is 0 Å². The minimum Gasteiger partial charge on any atom is -0.0654 e. The van der Waals surface area contributed by atoms with Crippen LogP contribution in [-0.2, 0) is 15.0 Å². The van der Waals surface area contributed by atoms with E-state index in [4.69, 9.17) is 5.37 Å². The Morgan fingerprint density at radius 2 is 0.449 bits per heavy atom. The van der Waals surface area contributed by atoms with Gasteiger partial charge in [0.1, 0.15) is 0 Å². The van der Waals surface area contributed by atoms with Gasteiger partial charge in [0.05, 0.1) is 0 Å². The number of carbonyl (C=O) groups excluding carboxylic acids is 2. The fourth-order valence-electron chi connectivity index (χ4n) is 6.91. The van der Waals surface area contributed by atoms with E-state index in [9.17, 15) is 9.59 Å². The Kier molecular flexibility index (Phi) is 43.9. The quantitative estimate of drug-likeness (QED) is 0.0453. The van der Waals surface area contributed by atoms with Crippen LogP contribution in [0.5, 0.6) is 0 Å². The average Bonchev–Trinajstić information content (AvgIpc) is 3.10. The van der Waals surface area contributed by atoms with Crippen LogP contribution in [0.15, 0.2) is 0 Å². The third-order valence-corrected chi connectivity index (χ3v) is 12.7. The monoisotopic (exact) mass is 887 g/mol. The molecule has 0 spiro atoms. The normalized spacial score (nSPS) is 11.3. The van der Waals surface area contributed by atoms with E-state index >= 15 is 0 Å². The number of hydrogen-bond donors (Lipinski definition) is 0. The van der Waals surface area contributed by atoms with Crippen molar-refractivity contribution in [1.29, 1.82) is 0 Å². The molecule has 0 atom stereocenters. The van der Waals surface area contributed by atoms with Gasteiger partial charge >= 0.3 is 180 Å². The van der Waals surface area contributed by atoms with Crippen molar-refractivity contribution in [2.24, 2.45) is 0 Å². The molecule has 0 aliphatic carbocycles. The van der Waals surface area contributed by atoms with Crippen LogP contribution in [0.25, 0.3) is 0 Å². The maximum atomic E-state index is 12.0. The van der Waals surface area contributed by atoms with Gasteiger partial charge in [0, 0.05) is 0 Å². The molecule has 2 radical (unpaired) electrons. The molecule has 0 saturated carbocycles. The third kappa shape index (κ3) is 43.9. The van der Waals surface area contributed by atoms with Gasteiger partial charge in [-0.2, -0.15) is 0 Å². The van der Waals surface area contributed by atoms with Crippen molar-refractivity contribution in [2.75, 3.05) is 0 Å². The Labute approximate surface area is 321 Å². The Morgan fingerprint density at radius 3 is 0.633 bits per heavy atom. The molecule has 0 aromatic carbocycles. The van der Waals surface area contributed by atoms with E-state index in [0.717, 1.165) is 25.7 Å². The summed E-state index contributed by atoms with van der Waals surface area (Å²) in [6.07, 6.45) is 52.3. The molecule has 4 nitrogen and oxygen atoms in total. The molecule has 0 aliphatic heterocycles. The molecule has 5 heteroatoms. The van der Waals surface area contributed by atoms with Gasteiger partial charge in [0.15, 0.2) is 0 Å². The van der Waals surface area contributed by atoms with Crippen molar-refractivity contribution >= 4 is 37.1 Å². The van der Waals surface area contributed by atoms with Gasteiger partial charge in [-0.25, -0.2) is 0 Å². The summed E-state index contributed by atoms with van der Waals surface area (Å²) in [6, 6.07) is 0. The van der Waals surface area contributed by atoms with Crippen LogP contribution >= 0.6 is 0 Å². The first-order valence-electron chi connectivity index (χ1n) is 22.3. The molecule has 0 N–H and O–H groups in total. The van der Waals surface area contributed by atoms with Crippen LogP contribution in [0.4, 0.5) is 0 Å². The maximum absolute atomic E-state index is 12.0. The minimum atomic E-state index is -2.04. The SMILES string of the molecule is CCCCCCCCCCCCCCCCCCCCCC(=O)[O][Pb][O]C(=O)CCCCCCCCCCCCCCCCCCCCC. The Hall–Kier alpha value is -0.138. The van der Waals surface area contributed by atoms with Crippen LogP contribution < -0.4 is 0 Å². The molecule has 0 rings (SSSR count). The Bertz CT molecular complexity index is 601. The van der Waals surface area contributed by atoms with E-state index in [0.29, 0.717) is 12.8 Å². The summed E-state index contributed by atoms with van der Waals surface area (Å²) in [6.45, 7) is 4.58. The summed E-state index contributed by atoms with van der Waals surface area (Å²) in [7, 11) is 0. The first-order valence-corrected chi connectivity index (χ1v) is 25.5. The first kappa shape index (κ1) is 48.9. The molecule has 0 fully saturated rings. The molecule has 49 heavy (non-hydrogen) atoms. The van der Waals surface area contributed by atoms with Gasteiger partial charge in [-0.1, -0.05) is 142 Å². The number of rotatable bonds is 42. The zero-order valence-corrected chi connectivity index (χ0v) is 37.3. The molecule has 0 aliphatic rings. The summed E-state index contributed by atoms with van der Waals surface area (Å²) in [5.41, 5.74) is 0. The van der Waals surface area contributed by atoms with Crippen molar-refractivity contribution in [1.82, 2.24) is 0 Å². The second-order valence-electron chi connectivity index (χ2n) is 15.3. The van der Waals surface area contributed by atoms with Crippen molar-refractivity contribution < 1.29 is 15.0 Å². The summed E-state index contributed by atoms with van der Waals surface area (Å²) in [5, 5.41) is 0.